The van der Waals surface area contributed by atoms with E-state index in [1.165, 1.54) is 0 Å². The molecule has 0 aromatic heterocycles. The van der Waals surface area contributed by atoms with Gasteiger partial charge < -0.3 is 24.2 Å². The topological polar surface area (TPSA) is 45.2 Å². The second kappa shape index (κ2) is 9.54. The van der Waals surface area contributed by atoms with E-state index in [-0.39, 0.29) is 5.91 Å². The molecule has 1 aliphatic rings. The molecule has 0 radical (unpaired) electrons. The summed E-state index contributed by atoms with van der Waals surface area (Å²) in [5.74, 6) is 1.66. The lowest BCUT2D eigenvalue weighted by Gasteiger charge is -2.39. The van der Waals surface area contributed by atoms with Gasteiger partial charge in [0.15, 0.2) is 0 Å². The number of amides is 1. The first kappa shape index (κ1) is 20.8. The maximum Gasteiger partial charge on any atom is 0.255 e. The smallest absolute Gasteiger partial charge is 0.255 e. The molecular weight excluding hydrogens is 366 g/mol. The minimum absolute atomic E-state index is 0.00546. The van der Waals surface area contributed by atoms with Gasteiger partial charge in [-0.2, -0.15) is 0 Å². The van der Waals surface area contributed by atoms with E-state index in [0.717, 1.165) is 55.5 Å². The number of benzene rings is 2. The lowest BCUT2D eigenvalue weighted by atomic mass is 10.1. The monoisotopic (exact) mass is 397 g/mol. The maximum absolute atomic E-state index is 12.8. The highest BCUT2D eigenvalue weighted by Gasteiger charge is 2.26. The molecule has 1 saturated heterocycles. The van der Waals surface area contributed by atoms with Crippen molar-refractivity contribution >= 4 is 17.3 Å². The molecule has 0 N–H and O–H groups in total. The molecule has 0 unspecified atom stereocenters. The second-order valence-electron chi connectivity index (χ2n) is 7.35. The highest BCUT2D eigenvalue weighted by molar-refractivity contribution is 6.01. The molecule has 1 heterocycles. The SMILES string of the molecule is CCCOc1cccc(C(=O)N(C)C)c1N1CCN(c2ccccc2OC)CC1. The van der Waals surface area contributed by atoms with Gasteiger partial charge in [0.25, 0.3) is 5.91 Å². The zero-order chi connectivity index (χ0) is 20.8. The zero-order valence-electron chi connectivity index (χ0n) is 17.9. The van der Waals surface area contributed by atoms with Crippen LogP contribution in [0.5, 0.6) is 11.5 Å². The second-order valence-corrected chi connectivity index (χ2v) is 7.35. The van der Waals surface area contributed by atoms with Crippen LogP contribution in [0.1, 0.15) is 23.7 Å². The first-order valence-electron chi connectivity index (χ1n) is 10.2. The third-order valence-corrected chi connectivity index (χ3v) is 5.12. The number of rotatable bonds is 7. The highest BCUT2D eigenvalue weighted by Crippen LogP contribution is 2.35. The molecule has 2 aromatic rings. The Bertz CT molecular complexity index is 830. The Morgan fingerprint density at radius 1 is 0.966 bits per heavy atom. The van der Waals surface area contributed by atoms with E-state index >= 15 is 0 Å². The van der Waals surface area contributed by atoms with Gasteiger partial charge in [-0.15, -0.1) is 0 Å². The fourth-order valence-corrected chi connectivity index (χ4v) is 3.65. The van der Waals surface area contributed by atoms with Crippen LogP contribution in [-0.2, 0) is 0 Å². The number of carbonyl (C=O) groups excluding carboxylic acids is 1. The van der Waals surface area contributed by atoms with Crippen molar-refractivity contribution in [2.75, 3.05) is 63.8 Å². The van der Waals surface area contributed by atoms with Gasteiger partial charge in [0.05, 0.1) is 30.7 Å². The summed E-state index contributed by atoms with van der Waals surface area (Å²) in [5, 5.41) is 0. The molecule has 2 aromatic carbocycles. The average Bonchev–Trinajstić information content (AvgIpc) is 2.76. The van der Waals surface area contributed by atoms with Crippen molar-refractivity contribution in [2.45, 2.75) is 13.3 Å². The Morgan fingerprint density at radius 2 is 1.62 bits per heavy atom. The molecule has 29 heavy (non-hydrogen) atoms. The number of ether oxygens (including phenoxy) is 2. The van der Waals surface area contributed by atoms with Crippen LogP contribution < -0.4 is 19.3 Å². The van der Waals surface area contributed by atoms with Crippen LogP contribution in [0.15, 0.2) is 42.5 Å². The van der Waals surface area contributed by atoms with E-state index in [1.54, 1.807) is 26.1 Å². The molecule has 1 fully saturated rings. The minimum atomic E-state index is -0.00546. The molecule has 6 heteroatoms. The predicted molar refractivity (Wildman–Crippen MR) is 118 cm³/mol. The van der Waals surface area contributed by atoms with Crippen molar-refractivity contribution in [1.82, 2.24) is 4.90 Å². The van der Waals surface area contributed by atoms with Gasteiger partial charge in [0, 0.05) is 40.3 Å². The third-order valence-electron chi connectivity index (χ3n) is 5.12. The van der Waals surface area contributed by atoms with Gasteiger partial charge >= 0.3 is 0 Å². The van der Waals surface area contributed by atoms with Crippen LogP contribution >= 0.6 is 0 Å². The van der Waals surface area contributed by atoms with E-state index in [1.807, 2.05) is 36.4 Å². The van der Waals surface area contributed by atoms with Crippen LogP contribution in [0.2, 0.25) is 0 Å². The molecule has 3 rings (SSSR count). The quantitative estimate of drug-likeness (QED) is 0.715. The Balaban J connectivity index is 1.86. The summed E-state index contributed by atoms with van der Waals surface area (Å²) < 4.78 is 11.5. The molecule has 1 aliphatic heterocycles. The van der Waals surface area contributed by atoms with E-state index in [0.29, 0.717) is 12.2 Å². The number of anilines is 2. The summed E-state index contributed by atoms with van der Waals surface area (Å²) >= 11 is 0. The molecule has 1 amide bonds. The third kappa shape index (κ3) is 4.58. The number of hydrogen-bond acceptors (Lipinski definition) is 5. The summed E-state index contributed by atoms with van der Waals surface area (Å²) in [6.45, 7) is 6.01. The Labute approximate surface area is 173 Å². The Morgan fingerprint density at radius 3 is 2.28 bits per heavy atom. The van der Waals surface area contributed by atoms with Crippen molar-refractivity contribution in [3.8, 4) is 11.5 Å². The molecule has 0 atom stereocenters. The molecule has 0 bridgehead atoms. The Hall–Kier alpha value is -2.89. The molecule has 0 spiro atoms. The van der Waals surface area contributed by atoms with Crippen molar-refractivity contribution in [3.05, 3.63) is 48.0 Å². The molecule has 0 aliphatic carbocycles. The van der Waals surface area contributed by atoms with Crippen molar-refractivity contribution in [3.63, 3.8) is 0 Å². The largest absolute Gasteiger partial charge is 0.495 e. The molecular formula is C23H31N3O3. The van der Waals surface area contributed by atoms with Gasteiger partial charge in [0.1, 0.15) is 11.5 Å². The lowest BCUT2D eigenvalue weighted by molar-refractivity contribution is 0.0827. The first-order valence-corrected chi connectivity index (χ1v) is 10.2. The van der Waals surface area contributed by atoms with Crippen molar-refractivity contribution in [1.29, 1.82) is 0 Å². The van der Waals surface area contributed by atoms with Crippen LogP contribution in [0.25, 0.3) is 0 Å². The van der Waals surface area contributed by atoms with E-state index in [4.69, 9.17) is 9.47 Å². The van der Waals surface area contributed by atoms with Crippen LogP contribution in [-0.4, -0.2) is 64.8 Å². The van der Waals surface area contributed by atoms with Gasteiger partial charge in [-0.3, -0.25) is 4.79 Å². The van der Waals surface area contributed by atoms with E-state index in [2.05, 4.69) is 22.8 Å². The molecule has 156 valence electrons. The van der Waals surface area contributed by atoms with Crippen molar-refractivity contribution < 1.29 is 14.3 Å². The van der Waals surface area contributed by atoms with E-state index in [9.17, 15) is 4.79 Å². The lowest BCUT2D eigenvalue weighted by Crippen LogP contribution is -2.47. The minimum Gasteiger partial charge on any atom is -0.495 e. The normalized spacial score (nSPS) is 13.9. The van der Waals surface area contributed by atoms with Gasteiger partial charge in [0.2, 0.25) is 0 Å². The van der Waals surface area contributed by atoms with Gasteiger partial charge in [-0.1, -0.05) is 25.1 Å². The Kier molecular flexibility index (Phi) is 6.86. The summed E-state index contributed by atoms with van der Waals surface area (Å²) in [7, 11) is 5.27. The standard InChI is InChI=1S/C23H31N3O3/c1-5-17-29-21-12-8-9-18(23(27)24(2)3)22(21)26-15-13-25(14-16-26)19-10-6-7-11-20(19)28-4/h6-12H,5,13-17H2,1-4H3. The average molecular weight is 398 g/mol. The summed E-state index contributed by atoms with van der Waals surface area (Å²) in [5.41, 5.74) is 2.70. The predicted octanol–water partition coefficient (Wildman–Crippen LogP) is 3.51. The maximum atomic E-state index is 12.8. The fraction of sp³-hybridized carbons (Fsp3) is 0.435. The fourth-order valence-electron chi connectivity index (χ4n) is 3.65. The number of para-hydroxylation sites is 3. The van der Waals surface area contributed by atoms with Crippen LogP contribution in [0, 0.1) is 0 Å². The van der Waals surface area contributed by atoms with Crippen LogP contribution in [0.4, 0.5) is 11.4 Å². The summed E-state index contributed by atoms with van der Waals surface area (Å²) in [6.07, 6.45) is 0.923. The number of piperazine rings is 1. The number of carbonyl (C=O) groups is 1. The number of methoxy groups -OCH3 is 1. The summed E-state index contributed by atoms with van der Waals surface area (Å²) in [6, 6.07) is 13.9. The molecule has 6 nitrogen and oxygen atoms in total. The number of hydrogen-bond donors (Lipinski definition) is 0. The summed E-state index contributed by atoms with van der Waals surface area (Å²) in [4.78, 5) is 19.0. The van der Waals surface area contributed by atoms with Crippen molar-refractivity contribution in [2.24, 2.45) is 0 Å². The van der Waals surface area contributed by atoms with E-state index < -0.39 is 0 Å². The highest BCUT2D eigenvalue weighted by atomic mass is 16.5. The number of nitrogens with zero attached hydrogens (tertiary/aromatic N) is 3. The van der Waals surface area contributed by atoms with Gasteiger partial charge in [-0.05, 0) is 30.7 Å². The van der Waals surface area contributed by atoms with Crippen LogP contribution in [0.3, 0.4) is 0 Å². The zero-order valence-corrected chi connectivity index (χ0v) is 17.9. The first-order chi connectivity index (χ1) is 14.1. The molecule has 0 saturated carbocycles. The van der Waals surface area contributed by atoms with Gasteiger partial charge in [-0.25, -0.2) is 0 Å².